The van der Waals surface area contributed by atoms with E-state index in [-0.39, 0.29) is 17.4 Å². The zero-order valence-electron chi connectivity index (χ0n) is 17.3. The second-order valence-electron chi connectivity index (χ2n) is 8.79. The molecule has 1 aromatic heterocycles. The lowest BCUT2D eigenvalue weighted by Gasteiger charge is -2.30. The molecule has 1 saturated heterocycles. The molecule has 0 bridgehead atoms. The minimum atomic E-state index is -0.232. The largest absolute Gasteiger partial charge is 0.351 e. The van der Waals surface area contributed by atoms with Gasteiger partial charge in [0, 0.05) is 40.6 Å². The summed E-state index contributed by atoms with van der Waals surface area (Å²) in [6.45, 7) is 10.3. The van der Waals surface area contributed by atoms with Crippen LogP contribution in [-0.2, 0) is 16.1 Å². The van der Waals surface area contributed by atoms with Crippen LogP contribution in [0.15, 0.2) is 35.4 Å². The van der Waals surface area contributed by atoms with Gasteiger partial charge in [-0.05, 0) is 45.6 Å². The lowest BCUT2D eigenvalue weighted by molar-refractivity contribution is -0.133. The van der Waals surface area contributed by atoms with E-state index >= 15 is 0 Å². The molecule has 0 radical (unpaired) electrons. The average Bonchev–Trinajstić information content (AvgIpc) is 2.97. The van der Waals surface area contributed by atoms with Crippen LogP contribution in [0.2, 0.25) is 0 Å². The monoisotopic (exact) mass is 401 g/mol. The number of fused-ring (bicyclic) bond motifs is 1. The number of thioether (sulfide) groups is 1. The summed E-state index contributed by atoms with van der Waals surface area (Å²) < 4.78 is 2.03. The van der Waals surface area contributed by atoms with Crippen molar-refractivity contribution in [2.24, 2.45) is 5.92 Å². The van der Waals surface area contributed by atoms with Crippen molar-refractivity contribution in [3.63, 3.8) is 0 Å². The van der Waals surface area contributed by atoms with Crippen molar-refractivity contribution >= 4 is 34.5 Å². The molecule has 2 amide bonds. The number of likely N-dealkylation sites (tertiary alicyclic amines) is 1. The van der Waals surface area contributed by atoms with E-state index in [9.17, 15) is 9.59 Å². The molecule has 1 N–H and O–H groups in total. The number of carbonyl (C=O) groups is 2. The fourth-order valence-electron chi connectivity index (χ4n) is 3.56. The molecule has 1 aromatic carbocycles. The van der Waals surface area contributed by atoms with Crippen LogP contribution in [0.25, 0.3) is 10.9 Å². The van der Waals surface area contributed by atoms with Crippen molar-refractivity contribution in [2.45, 2.75) is 57.5 Å². The lowest BCUT2D eigenvalue weighted by atomic mass is 9.99. The number of hydrogen-bond acceptors (Lipinski definition) is 3. The zero-order chi connectivity index (χ0) is 20.3. The SMILES string of the molecule is CC1CCN(C(=O)Cn2cc(SCC(=O)NC(C)(C)C)c3ccccc32)CC1. The van der Waals surface area contributed by atoms with E-state index < -0.39 is 0 Å². The third-order valence-corrected chi connectivity index (χ3v) is 6.11. The first-order chi connectivity index (χ1) is 13.2. The first-order valence-electron chi connectivity index (χ1n) is 10.0. The highest BCUT2D eigenvalue weighted by Crippen LogP contribution is 2.30. The molecule has 2 heterocycles. The molecule has 1 aliphatic rings. The van der Waals surface area contributed by atoms with E-state index in [0.717, 1.165) is 41.7 Å². The predicted molar refractivity (Wildman–Crippen MR) is 116 cm³/mol. The lowest BCUT2D eigenvalue weighted by Crippen LogP contribution is -2.41. The summed E-state index contributed by atoms with van der Waals surface area (Å²) in [5, 5.41) is 4.09. The van der Waals surface area contributed by atoms with Crippen molar-refractivity contribution in [1.82, 2.24) is 14.8 Å². The smallest absolute Gasteiger partial charge is 0.242 e. The number of para-hydroxylation sites is 1. The number of benzene rings is 1. The molecule has 5 nitrogen and oxygen atoms in total. The van der Waals surface area contributed by atoms with Crippen LogP contribution in [0.3, 0.4) is 0 Å². The van der Waals surface area contributed by atoms with Gasteiger partial charge in [-0.15, -0.1) is 11.8 Å². The van der Waals surface area contributed by atoms with Crippen LogP contribution in [0.5, 0.6) is 0 Å². The van der Waals surface area contributed by atoms with Gasteiger partial charge >= 0.3 is 0 Å². The molecular weight excluding hydrogens is 370 g/mol. The second kappa shape index (κ2) is 8.60. The van der Waals surface area contributed by atoms with Crippen LogP contribution >= 0.6 is 11.8 Å². The number of hydrogen-bond donors (Lipinski definition) is 1. The van der Waals surface area contributed by atoms with Gasteiger partial charge in [-0.25, -0.2) is 0 Å². The minimum Gasteiger partial charge on any atom is -0.351 e. The summed E-state index contributed by atoms with van der Waals surface area (Å²) in [6, 6.07) is 8.09. The molecular formula is C22H31N3O2S. The van der Waals surface area contributed by atoms with Crippen molar-refractivity contribution in [1.29, 1.82) is 0 Å². The number of nitrogens with zero attached hydrogens (tertiary/aromatic N) is 2. The molecule has 1 fully saturated rings. The van der Waals surface area contributed by atoms with Gasteiger partial charge in [0.2, 0.25) is 11.8 Å². The van der Waals surface area contributed by atoms with Gasteiger partial charge in [0.15, 0.2) is 0 Å². The number of carbonyl (C=O) groups excluding carboxylic acids is 2. The number of rotatable bonds is 5. The maximum atomic E-state index is 12.8. The topological polar surface area (TPSA) is 54.3 Å². The molecule has 1 aliphatic heterocycles. The highest BCUT2D eigenvalue weighted by molar-refractivity contribution is 8.00. The van der Waals surface area contributed by atoms with Crippen LogP contribution in [0.4, 0.5) is 0 Å². The molecule has 28 heavy (non-hydrogen) atoms. The van der Waals surface area contributed by atoms with Crippen molar-refractivity contribution < 1.29 is 9.59 Å². The Hall–Kier alpha value is -1.95. The van der Waals surface area contributed by atoms with Gasteiger partial charge in [0.1, 0.15) is 6.54 Å². The summed E-state index contributed by atoms with van der Waals surface area (Å²) in [6.07, 6.45) is 4.19. The highest BCUT2D eigenvalue weighted by atomic mass is 32.2. The van der Waals surface area contributed by atoms with E-state index in [1.54, 1.807) is 0 Å². The Balaban J connectivity index is 1.71. The molecule has 0 saturated carbocycles. The Morgan fingerprint density at radius 3 is 2.54 bits per heavy atom. The standard InChI is InChI=1S/C22H31N3O2S/c1-16-9-11-24(12-10-16)21(27)14-25-13-19(17-7-5-6-8-18(17)25)28-15-20(26)23-22(2,3)4/h5-8,13,16H,9-12,14-15H2,1-4H3,(H,23,26). The Morgan fingerprint density at radius 1 is 1.18 bits per heavy atom. The first-order valence-corrected chi connectivity index (χ1v) is 11.0. The zero-order valence-corrected chi connectivity index (χ0v) is 18.1. The van der Waals surface area contributed by atoms with Crippen LogP contribution in [0, 0.1) is 5.92 Å². The third-order valence-electron chi connectivity index (χ3n) is 5.07. The molecule has 3 rings (SSSR count). The average molecular weight is 402 g/mol. The summed E-state index contributed by atoms with van der Waals surface area (Å²) in [5.41, 5.74) is 0.809. The van der Waals surface area contributed by atoms with Gasteiger partial charge in [0.25, 0.3) is 0 Å². The van der Waals surface area contributed by atoms with E-state index in [2.05, 4.69) is 18.3 Å². The van der Waals surface area contributed by atoms with E-state index in [1.165, 1.54) is 11.8 Å². The number of amides is 2. The minimum absolute atomic E-state index is 0.0212. The van der Waals surface area contributed by atoms with E-state index in [4.69, 9.17) is 0 Å². The molecule has 2 aromatic rings. The summed E-state index contributed by atoms with van der Waals surface area (Å²) in [5.74, 6) is 1.27. The third kappa shape index (κ3) is 5.31. The molecule has 0 aliphatic carbocycles. The number of aromatic nitrogens is 1. The first kappa shape index (κ1) is 20.8. The Morgan fingerprint density at radius 2 is 1.86 bits per heavy atom. The van der Waals surface area contributed by atoms with Crippen LogP contribution < -0.4 is 5.32 Å². The molecule has 6 heteroatoms. The van der Waals surface area contributed by atoms with Crippen LogP contribution in [-0.4, -0.2) is 45.7 Å². The van der Waals surface area contributed by atoms with Gasteiger partial charge in [0.05, 0.1) is 5.75 Å². The summed E-state index contributed by atoms with van der Waals surface area (Å²) in [4.78, 5) is 28.0. The second-order valence-corrected chi connectivity index (χ2v) is 9.81. The molecule has 0 atom stereocenters. The number of nitrogens with one attached hydrogen (secondary N) is 1. The van der Waals surface area contributed by atoms with Gasteiger partial charge in [-0.3, -0.25) is 9.59 Å². The normalized spacial score (nSPS) is 15.8. The number of piperidine rings is 1. The predicted octanol–water partition coefficient (Wildman–Crippen LogP) is 3.91. The van der Waals surface area contributed by atoms with Crippen molar-refractivity contribution in [3.05, 3.63) is 30.5 Å². The quantitative estimate of drug-likeness (QED) is 0.773. The molecule has 0 unspecified atom stereocenters. The van der Waals surface area contributed by atoms with Gasteiger partial charge in [-0.2, -0.15) is 0 Å². The Kier molecular flexibility index (Phi) is 6.38. The highest BCUT2D eigenvalue weighted by Gasteiger charge is 2.21. The maximum Gasteiger partial charge on any atom is 0.242 e. The van der Waals surface area contributed by atoms with Crippen molar-refractivity contribution in [2.75, 3.05) is 18.8 Å². The van der Waals surface area contributed by atoms with Crippen molar-refractivity contribution in [3.8, 4) is 0 Å². The summed E-state index contributed by atoms with van der Waals surface area (Å²) >= 11 is 1.52. The summed E-state index contributed by atoms with van der Waals surface area (Å²) in [7, 11) is 0. The molecule has 0 spiro atoms. The van der Waals surface area contributed by atoms with E-state index in [1.807, 2.05) is 54.6 Å². The maximum absolute atomic E-state index is 12.8. The van der Waals surface area contributed by atoms with Gasteiger partial charge < -0.3 is 14.8 Å². The fraction of sp³-hybridized carbons (Fsp3) is 0.545. The Bertz CT molecular complexity index is 845. The Labute approximate surface area is 171 Å². The van der Waals surface area contributed by atoms with Gasteiger partial charge in [-0.1, -0.05) is 25.1 Å². The molecule has 152 valence electrons. The fourth-order valence-corrected chi connectivity index (χ4v) is 4.45. The van der Waals surface area contributed by atoms with E-state index in [0.29, 0.717) is 18.2 Å². The van der Waals surface area contributed by atoms with Crippen LogP contribution in [0.1, 0.15) is 40.5 Å².